The molecule has 4 N–H and O–H groups in total. The van der Waals surface area contributed by atoms with Gasteiger partial charge in [-0.15, -0.1) is 0 Å². The van der Waals surface area contributed by atoms with Crippen LogP contribution in [0.3, 0.4) is 0 Å². The number of H-pyrrole nitrogens is 2. The number of aromatic amines is 2. The third kappa shape index (κ3) is 4.98. The average Bonchev–Trinajstić information content (AvgIpc) is 2.80. The minimum Gasteiger partial charge on any atom is -0.384 e. The van der Waals surface area contributed by atoms with E-state index in [9.17, 15) is 19.2 Å². The van der Waals surface area contributed by atoms with Crippen molar-refractivity contribution in [2.75, 3.05) is 52.2 Å². The number of nitrogens with two attached hydrogens (primary N) is 1. The fourth-order valence-corrected chi connectivity index (χ4v) is 4.07. The van der Waals surface area contributed by atoms with E-state index in [1.807, 2.05) is 17.0 Å². The number of carbonyl (C=O) groups excluding carboxylic acids is 1. The summed E-state index contributed by atoms with van der Waals surface area (Å²) in [5.74, 6) is -0.00879. The summed E-state index contributed by atoms with van der Waals surface area (Å²) >= 11 is 0. The van der Waals surface area contributed by atoms with Gasteiger partial charge >= 0.3 is 5.69 Å². The molecule has 2 aromatic heterocycles. The quantitative estimate of drug-likeness (QED) is 0.352. The number of rotatable bonds is 8. The van der Waals surface area contributed by atoms with Gasteiger partial charge in [0, 0.05) is 33.3 Å². The number of anilines is 1. The first kappa shape index (κ1) is 23.5. The monoisotopic (exact) mass is 469 g/mol. The number of carbonyl (C=O) groups is 1. The molecular weight excluding hydrogens is 442 g/mol. The van der Waals surface area contributed by atoms with Crippen LogP contribution in [0.5, 0.6) is 0 Å². The zero-order valence-electron chi connectivity index (χ0n) is 18.9. The lowest BCUT2D eigenvalue weighted by molar-refractivity contribution is 0.0838. The van der Waals surface area contributed by atoms with E-state index in [2.05, 4.69) is 19.9 Å². The summed E-state index contributed by atoms with van der Waals surface area (Å²) in [7, 11) is 1.48. The van der Waals surface area contributed by atoms with Gasteiger partial charge in [0.25, 0.3) is 11.1 Å². The minimum atomic E-state index is -0.786. The van der Waals surface area contributed by atoms with E-state index in [1.165, 1.54) is 7.11 Å². The molecule has 1 aliphatic rings. The largest absolute Gasteiger partial charge is 0.384 e. The molecule has 0 amide bonds. The van der Waals surface area contributed by atoms with Gasteiger partial charge in [0.2, 0.25) is 0 Å². The Morgan fingerprint density at radius 2 is 1.76 bits per heavy atom. The number of hydrogen-bond acceptors (Lipinski definition) is 9. The fraction of sp³-hybridized carbons (Fsp3) is 0.409. The first-order chi connectivity index (χ1) is 16.4. The highest BCUT2D eigenvalue weighted by atomic mass is 16.5. The molecule has 1 aliphatic heterocycles. The molecule has 4 rings (SSSR count). The lowest BCUT2D eigenvalue weighted by Gasteiger charge is -2.34. The van der Waals surface area contributed by atoms with Crippen LogP contribution in [-0.2, 0) is 17.8 Å². The molecule has 34 heavy (non-hydrogen) atoms. The van der Waals surface area contributed by atoms with E-state index in [1.54, 1.807) is 12.1 Å². The normalized spacial score (nSPS) is 15.1. The van der Waals surface area contributed by atoms with Crippen molar-refractivity contribution in [3.05, 3.63) is 66.8 Å². The number of methoxy groups -OCH3 is 1. The predicted octanol–water partition coefficient (Wildman–Crippen LogP) is -0.998. The lowest BCUT2D eigenvalue weighted by atomic mass is 10.1. The van der Waals surface area contributed by atoms with Crippen LogP contribution < -0.4 is 22.5 Å². The van der Waals surface area contributed by atoms with Crippen LogP contribution in [0.1, 0.15) is 16.2 Å². The number of piperazine rings is 1. The Hall–Kier alpha value is -3.61. The van der Waals surface area contributed by atoms with Crippen molar-refractivity contribution in [1.29, 1.82) is 0 Å². The molecule has 0 spiro atoms. The zero-order valence-corrected chi connectivity index (χ0v) is 18.9. The van der Waals surface area contributed by atoms with Crippen LogP contribution >= 0.6 is 0 Å². The highest BCUT2D eigenvalue weighted by Crippen LogP contribution is 2.11. The van der Waals surface area contributed by atoms with Crippen molar-refractivity contribution in [1.82, 2.24) is 29.3 Å². The van der Waals surface area contributed by atoms with Crippen molar-refractivity contribution in [2.24, 2.45) is 0 Å². The molecule has 3 aromatic rings. The van der Waals surface area contributed by atoms with Crippen molar-refractivity contribution < 1.29 is 9.53 Å². The SMILES string of the molecule is COCCn1c(N)c(C(=O)CN2CCN(Cc3nc4ccccc4c(=O)[nH]3)CC2)c(=O)[nH]c1=O. The van der Waals surface area contributed by atoms with Crippen molar-refractivity contribution in [3.8, 4) is 0 Å². The number of benzene rings is 1. The maximum Gasteiger partial charge on any atom is 0.330 e. The molecule has 0 atom stereocenters. The van der Waals surface area contributed by atoms with E-state index >= 15 is 0 Å². The molecule has 0 unspecified atom stereocenters. The van der Waals surface area contributed by atoms with Gasteiger partial charge in [-0.2, -0.15) is 0 Å². The Morgan fingerprint density at radius 3 is 2.50 bits per heavy atom. The van der Waals surface area contributed by atoms with Gasteiger partial charge in [-0.25, -0.2) is 9.78 Å². The summed E-state index contributed by atoms with van der Waals surface area (Å²) in [6, 6.07) is 7.19. The molecule has 12 heteroatoms. The number of nitrogens with one attached hydrogen (secondary N) is 2. The van der Waals surface area contributed by atoms with Gasteiger partial charge in [-0.3, -0.25) is 33.7 Å². The van der Waals surface area contributed by atoms with Gasteiger partial charge < -0.3 is 15.5 Å². The third-order valence-corrected chi connectivity index (χ3v) is 5.90. The molecule has 1 saturated heterocycles. The van der Waals surface area contributed by atoms with Gasteiger partial charge in [0.05, 0.1) is 37.1 Å². The molecule has 3 heterocycles. The van der Waals surface area contributed by atoms with E-state index in [4.69, 9.17) is 10.5 Å². The number of fused-ring (bicyclic) bond motifs is 1. The maximum absolute atomic E-state index is 12.9. The van der Waals surface area contributed by atoms with Crippen LogP contribution in [0.2, 0.25) is 0 Å². The summed E-state index contributed by atoms with van der Waals surface area (Å²) < 4.78 is 6.09. The van der Waals surface area contributed by atoms with Gasteiger partial charge in [-0.05, 0) is 12.1 Å². The molecule has 1 fully saturated rings. The molecule has 180 valence electrons. The standard InChI is InChI=1S/C22H27N7O5/c1-34-11-10-29-19(23)18(21(32)26-22(29)33)16(30)12-27-6-8-28(9-7-27)13-17-24-15-5-3-2-4-14(15)20(31)25-17/h2-5H,6-13,23H2,1H3,(H,24,25,31)(H,26,32,33). The summed E-state index contributed by atoms with van der Waals surface area (Å²) in [5, 5.41) is 0.553. The smallest absolute Gasteiger partial charge is 0.330 e. The summed E-state index contributed by atoms with van der Waals surface area (Å²) in [5.41, 5.74) is 4.81. The number of nitrogen functional groups attached to an aromatic ring is 1. The van der Waals surface area contributed by atoms with Crippen LogP contribution in [0.15, 0.2) is 38.6 Å². The Bertz CT molecular complexity index is 1370. The molecular formula is C22H27N7O5. The highest BCUT2D eigenvalue weighted by Gasteiger charge is 2.24. The molecule has 0 saturated carbocycles. The highest BCUT2D eigenvalue weighted by molar-refractivity contribution is 6.01. The predicted molar refractivity (Wildman–Crippen MR) is 126 cm³/mol. The fourth-order valence-electron chi connectivity index (χ4n) is 4.07. The van der Waals surface area contributed by atoms with Crippen molar-refractivity contribution in [2.45, 2.75) is 13.1 Å². The number of aromatic nitrogens is 4. The van der Waals surface area contributed by atoms with Crippen LogP contribution in [-0.4, -0.2) is 81.5 Å². The number of nitrogens with zero attached hydrogens (tertiary/aromatic N) is 4. The van der Waals surface area contributed by atoms with E-state index in [-0.39, 0.29) is 36.6 Å². The second-order valence-electron chi connectivity index (χ2n) is 8.17. The molecule has 0 radical (unpaired) electrons. The maximum atomic E-state index is 12.9. The number of para-hydroxylation sites is 1. The van der Waals surface area contributed by atoms with E-state index < -0.39 is 17.0 Å². The van der Waals surface area contributed by atoms with E-state index in [0.29, 0.717) is 49.5 Å². The van der Waals surface area contributed by atoms with Crippen molar-refractivity contribution >= 4 is 22.5 Å². The Labute approximate surface area is 194 Å². The third-order valence-electron chi connectivity index (χ3n) is 5.90. The Morgan fingerprint density at radius 1 is 1.06 bits per heavy atom. The lowest BCUT2D eigenvalue weighted by Crippen LogP contribution is -2.48. The number of ketones is 1. The Kier molecular flexibility index (Phi) is 7.01. The number of Topliss-reactive ketones (excluding diaryl/α,β-unsaturated/α-hetero) is 1. The van der Waals surface area contributed by atoms with Crippen LogP contribution in [0.25, 0.3) is 10.9 Å². The summed E-state index contributed by atoms with van der Waals surface area (Å²) in [4.78, 5) is 63.1. The minimum absolute atomic E-state index is 0.00859. The first-order valence-electron chi connectivity index (χ1n) is 10.9. The second-order valence-corrected chi connectivity index (χ2v) is 8.17. The van der Waals surface area contributed by atoms with Crippen molar-refractivity contribution in [3.63, 3.8) is 0 Å². The second kappa shape index (κ2) is 10.1. The Balaban J connectivity index is 1.39. The first-order valence-corrected chi connectivity index (χ1v) is 10.9. The van der Waals surface area contributed by atoms with Crippen LogP contribution in [0.4, 0.5) is 5.82 Å². The summed E-state index contributed by atoms with van der Waals surface area (Å²) in [6.45, 7) is 3.32. The van der Waals surface area contributed by atoms with Gasteiger partial charge in [0.15, 0.2) is 5.78 Å². The van der Waals surface area contributed by atoms with E-state index in [0.717, 1.165) is 4.57 Å². The molecule has 1 aromatic carbocycles. The summed E-state index contributed by atoms with van der Waals surface area (Å²) in [6.07, 6.45) is 0. The topological polar surface area (TPSA) is 159 Å². The van der Waals surface area contributed by atoms with Gasteiger partial charge in [-0.1, -0.05) is 12.1 Å². The number of hydrogen-bond donors (Lipinski definition) is 3. The number of ether oxygens (including phenoxy) is 1. The molecule has 0 bridgehead atoms. The van der Waals surface area contributed by atoms with Crippen LogP contribution in [0, 0.1) is 0 Å². The molecule has 12 nitrogen and oxygen atoms in total. The van der Waals surface area contributed by atoms with Gasteiger partial charge in [0.1, 0.15) is 17.2 Å². The molecule has 0 aliphatic carbocycles. The average molecular weight is 470 g/mol. The zero-order chi connectivity index (χ0) is 24.2.